The number of carbonyl (C=O) groups is 3. The predicted octanol–water partition coefficient (Wildman–Crippen LogP) is 2.92. The second-order valence-electron chi connectivity index (χ2n) is 8.87. The van der Waals surface area contributed by atoms with Gasteiger partial charge in [0, 0.05) is 37.4 Å². The molecule has 0 aliphatic carbocycles. The fourth-order valence-electron chi connectivity index (χ4n) is 4.31. The molecule has 2 amide bonds. The molecule has 1 aliphatic rings. The van der Waals surface area contributed by atoms with Crippen LogP contribution in [0.1, 0.15) is 39.0 Å². The number of fused-ring (bicyclic) bond motifs is 1. The molecule has 4 rings (SSSR count). The van der Waals surface area contributed by atoms with Crippen molar-refractivity contribution in [3.8, 4) is 0 Å². The Morgan fingerprint density at radius 3 is 2.50 bits per heavy atom. The van der Waals surface area contributed by atoms with Crippen molar-refractivity contribution in [2.45, 2.75) is 38.5 Å². The van der Waals surface area contributed by atoms with Crippen LogP contribution in [0.2, 0.25) is 0 Å². The van der Waals surface area contributed by atoms with E-state index in [1.807, 2.05) is 60.7 Å². The molecule has 3 aromatic carbocycles. The molecular weight excluding hydrogens is 456 g/mol. The van der Waals surface area contributed by atoms with E-state index in [1.165, 1.54) is 0 Å². The summed E-state index contributed by atoms with van der Waals surface area (Å²) in [7, 11) is 0. The van der Waals surface area contributed by atoms with Crippen molar-refractivity contribution in [1.29, 1.82) is 0 Å². The van der Waals surface area contributed by atoms with Crippen LogP contribution in [0.25, 0.3) is 0 Å². The molecular formula is C28H30N4O4. The molecule has 0 saturated heterocycles. The fraction of sp³-hybridized carbons (Fsp3) is 0.250. The second kappa shape index (κ2) is 11.5. The molecule has 1 aliphatic heterocycles. The number of rotatable bonds is 9. The van der Waals surface area contributed by atoms with Crippen LogP contribution in [0, 0.1) is 0 Å². The Bertz CT molecular complexity index is 1250. The third-order valence-electron chi connectivity index (χ3n) is 6.24. The highest BCUT2D eigenvalue weighted by Gasteiger charge is 2.31. The highest BCUT2D eigenvalue weighted by molar-refractivity contribution is 5.96. The molecule has 0 fully saturated rings. The zero-order valence-electron chi connectivity index (χ0n) is 19.9. The molecule has 0 radical (unpaired) electrons. The minimum absolute atomic E-state index is 0.260. The van der Waals surface area contributed by atoms with Crippen LogP contribution >= 0.6 is 0 Å². The minimum atomic E-state index is -1.07. The average molecular weight is 487 g/mol. The monoisotopic (exact) mass is 486 g/mol. The van der Waals surface area contributed by atoms with Gasteiger partial charge in [-0.2, -0.15) is 0 Å². The van der Waals surface area contributed by atoms with Crippen molar-refractivity contribution in [2.24, 2.45) is 5.73 Å². The lowest BCUT2D eigenvalue weighted by Gasteiger charge is -2.24. The highest BCUT2D eigenvalue weighted by Crippen LogP contribution is 2.26. The lowest BCUT2D eigenvalue weighted by atomic mass is 10.1. The van der Waals surface area contributed by atoms with E-state index in [1.54, 1.807) is 17.0 Å². The predicted molar refractivity (Wildman–Crippen MR) is 137 cm³/mol. The quantitative estimate of drug-likeness (QED) is 0.369. The molecule has 8 heteroatoms. The van der Waals surface area contributed by atoms with Crippen molar-refractivity contribution < 1.29 is 19.5 Å². The lowest BCUT2D eigenvalue weighted by molar-refractivity contribution is -0.141. The van der Waals surface area contributed by atoms with Crippen molar-refractivity contribution >= 4 is 23.5 Å². The van der Waals surface area contributed by atoms with Gasteiger partial charge in [0.05, 0.1) is 6.42 Å². The molecule has 36 heavy (non-hydrogen) atoms. The third kappa shape index (κ3) is 6.28. The number of carboxylic acid groups (broad SMARTS) is 1. The summed E-state index contributed by atoms with van der Waals surface area (Å²) in [5.74, 6) is -1.60. The molecule has 8 nitrogen and oxygen atoms in total. The van der Waals surface area contributed by atoms with Crippen LogP contribution in [0.3, 0.4) is 0 Å². The van der Waals surface area contributed by atoms with Crippen molar-refractivity contribution in [3.63, 3.8) is 0 Å². The van der Waals surface area contributed by atoms with Crippen molar-refractivity contribution in [1.82, 2.24) is 10.2 Å². The zero-order chi connectivity index (χ0) is 25.5. The summed E-state index contributed by atoms with van der Waals surface area (Å²) in [5, 5.41) is 15.4. The number of hydrogen-bond acceptors (Lipinski definition) is 5. The van der Waals surface area contributed by atoms with E-state index in [-0.39, 0.29) is 18.2 Å². The largest absolute Gasteiger partial charge is 0.481 e. The number of benzene rings is 3. The second-order valence-corrected chi connectivity index (χ2v) is 8.87. The Kier molecular flexibility index (Phi) is 7.97. The molecule has 1 heterocycles. The number of nitrogens with zero attached hydrogens (tertiary/aromatic N) is 1. The van der Waals surface area contributed by atoms with Crippen LogP contribution in [0.15, 0.2) is 72.8 Å². The standard InChI is InChI=1S/C28H30N4O4/c29-16-20-7-4-8-21(13-20)17-30-27(35)22-9-10-23-18-32(12-11-19-5-2-1-3-6-19)28(36)25(15-26(33)34)31-24(23)14-22/h1-10,13-14,25,31H,11-12,15-18,29H2,(H,30,35)(H,33,34)/t25-/m1/s1. The molecule has 0 unspecified atom stereocenters. The fourth-order valence-corrected chi connectivity index (χ4v) is 4.31. The van der Waals surface area contributed by atoms with Gasteiger partial charge in [0.1, 0.15) is 6.04 Å². The van der Waals surface area contributed by atoms with Gasteiger partial charge >= 0.3 is 5.97 Å². The number of hydrogen-bond donors (Lipinski definition) is 4. The summed E-state index contributed by atoms with van der Waals surface area (Å²) in [5.41, 5.74) is 10.6. The summed E-state index contributed by atoms with van der Waals surface area (Å²) in [4.78, 5) is 39.2. The van der Waals surface area contributed by atoms with Gasteiger partial charge in [0.15, 0.2) is 0 Å². The first kappa shape index (κ1) is 24.9. The number of anilines is 1. The maximum atomic E-state index is 13.2. The Morgan fingerprint density at radius 2 is 1.75 bits per heavy atom. The van der Waals surface area contributed by atoms with E-state index >= 15 is 0 Å². The topological polar surface area (TPSA) is 125 Å². The van der Waals surface area contributed by atoms with Crippen LogP contribution in [0.5, 0.6) is 0 Å². The molecule has 3 aromatic rings. The molecule has 0 spiro atoms. The van der Waals surface area contributed by atoms with Crippen molar-refractivity contribution in [2.75, 3.05) is 11.9 Å². The summed E-state index contributed by atoms with van der Waals surface area (Å²) in [6.07, 6.45) is 0.307. The van der Waals surface area contributed by atoms with E-state index in [0.29, 0.717) is 43.9 Å². The maximum absolute atomic E-state index is 13.2. The molecule has 1 atom stereocenters. The number of carbonyl (C=O) groups excluding carboxylic acids is 2. The first-order chi connectivity index (χ1) is 17.4. The van der Waals surface area contributed by atoms with E-state index < -0.39 is 12.0 Å². The molecule has 0 bridgehead atoms. The van der Waals surface area contributed by atoms with E-state index in [0.717, 1.165) is 22.3 Å². The van der Waals surface area contributed by atoms with Crippen LogP contribution < -0.4 is 16.4 Å². The Labute approximate surface area is 210 Å². The van der Waals surface area contributed by atoms with Gasteiger partial charge in [0.25, 0.3) is 5.91 Å². The summed E-state index contributed by atoms with van der Waals surface area (Å²) >= 11 is 0. The van der Waals surface area contributed by atoms with Crippen LogP contribution in [-0.4, -0.2) is 40.4 Å². The van der Waals surface area contributed by atoms with E-state index in [4.69, 9.17) is 5.73 Å². The third-order valence-corrected chi connectivity index (χ3v) is 6.24. The molecule has 5 N–H and O–H groups in total. The number of amides is 2. The Hall–Kier alpha value is -4.17. The number of carboxylic acids is 1. The van der Waals surface area contributed by atoms with Crippen LogP contribution in [0.4, 0.5) is 5.69 Å². The molecule has 186 valence electrons. The number of nitrogens with one attached hydrogen (secondary N) is 2. The molecule has 0 aromatic heterocycles. The number of aliphatic carboxylic acids is 1. The lowest BCUT2D eigenvalue weighted by Crippen LogP contribution is -2.42. The summed E-state index contributed by atoms with van der Waals surface area (Å²) in [6.45, 7) is 1.57. The first-order valence-electron chi connectivity index (χ1n) is 11.9. The zero-order valence-corrected chi connectivity index (χ0v) is 19.9. The van der Waals surface area contributed by atoms with Gasteiger partial charge in [-0.25, -0.2) is 0 Å². The number of nitrogens with two attached hydrogens (primary N) is 1. The molecule has 0 saturated carbocycles. The average Bonchev–Trinajstić information content (AvgIpc) is 3.02. The maximum Gasteiger partial charge on any atom is 0.305 e. The van der Waals surface area contributed by atoms with Gasteiger partial charge < -0.3 is 26.4 Å². The smallest absolute Gasteiger partial charge is 0.305 e. The normalized spacial score (nSPS) is 15.0. The van der Waals surface area contributed by atoms with Gasteiger partial charge in [-0.3, -0.25) is 14.4 Å². The summed E-state index contributed by atoms with van der Waals surface area (Å²) < 4.78 is 0. The Morgan fingerprint density at radius 1 is 1.00 bits per heavy atom. The van der Waals surface area contributed by atoms with Crippen LogP contribution in [-0.2, 0) is 35.6 Å². The highest BCUT2D eigenvalue weighted by atomic mass is 16.4. The Balaban J connectivity index is 1.51. The van der Waals surface area contributed by atoms with Gasteiger partial charge in [-0.15, -0.1) is 0 Å². The van der Waals surface area contributed by atoms with Gasteiger partial charge in [-0.1, -0.05) is 60.7 Å². The SMILES string of the molecule is NCc1cccc(CNC(=O)c2ccc3c(c2)N[C@H](CC(=O)O)C(=O)N(CCc2ccccc2)C3)c1. The van der Waals surface area contributed by atoms with Crippen molar-refractivity contribution in [3.05, 3.63) is 101 Å². The summed E-state index contributed by atoms with van der Waals surface area (Å²) in [6, 6.07) is 21.9. The minimum Gasteiger partial charge on any atom is -0.481 e. The first-order valence-corrected chi connectivity index (χ1v) is 11.9. The van der Waals surface area contributed by atoms with Gasteiger partial charge in [-0.05, 0) is 40.8 Å². The van der Waals surface area contributed by atoms with E-state index in [9.17, 15) is 19.5 Å². The van der Waals surface area contributed by atoms with E-state index in [2.05, 4.69) is 10.6 Å². The van der Waals surface area contributed by atoms with Gasteiger partial charge in [0.2, 0.25) is 5.91 Å².